The number of rotatable bonds is 6. The molecule has 25 heavy (non-hydrogen) atoms. The quantitative estimate of drug-likeness (QED) is 0.479. The monoisotopic (exact) mass is 375 g/mol. The van der Waals surface area contributed by atoms with Crippen LogP contribution in [0.3, 0.4) is 0 Å². The van der Waals surface area contributed by atoms with E-state index >= 15 is 0 Å². The van der Waals surface area contributed by atoms with Crippen molar-refractivity contribution in [1.29, 1.82) is 0 Å². The second-order valence-electron chi connectivity index (χ2n) is 6.62. The molecule has 0 radical (unpaired) electrons. The van der Waals surface area contributed by atoms with Gasteiger partial charge in [0.15, 0.2) is 5.16 Å². The van der Waals surface area contributed by atoms with Crippen molar-refractivity contribution in [2.45, 2.75) is 56.3 Å². The summed E-state index contributed by atoms with van der Waals surface area (Å²) in [7, 11) is 0. The Balaban J connectivity index is 1.69. The zero-order valence-electron chi connectivity index (χ0n) is 14.0. The summed E-state index contributed by atoms with van der Waals surface area (Å²) >= 11 is 2.98. The summed E-state index contributed by atoms with van der Waals surface area (Å²) in [6.07, 6.45) is 8.19. The first-order valence-electron chi connectivity index (χ1n) is 8.75. The van der Waals surface area contributed by atoms with Crippen LogP contribution in [0.5, 0.6) is 0 Å². The molecule has 2 aromatic heterocycles. The average Bonchev–Trinajstić information content (AvgIpc) is 3.33. The van der Waals surface area contributed by atoms with Gasteiger partial charge in [-0.3, -0.25) is 14.2 Å². The molecule has 132 valence electrons. The molecule has 2 aliphatic carbocycles. The predicted molar refractivity (Wildman–Crippen MR) is 103 cm³/mol. The summed E-state index contributed by atoms with van der Waals surface area (Å²) in [5.74, 6) is 0.300. The van der Waals surface area contributed by atoms with E-state index in [0.717, 1.165) is 42.3 Å². The Morgan fingerprint density at radius 2 is 2.20 bits per heavy atom. The number of hydrogen-bond donors (Lipinski definition) is 1. The molecule has 7 heteroatoms. The Hall–Kier alpha value is -1.60. The van der Waals surface area contributed by atoms with Crippen molar-refractivity contribution in [3.63, 3.8) is 0 Å². The van der Waals surface area contributed by atoms with E-state index in [1.165, 1.54) is 28.6 Å². The highest BCUT2D eigenvalue weighted by Crippen LogP contribution is 2.34. The molecule has 0 aromatic carbocycles. The van der Waals surface area contributed by atoms with Gasteiger partial charge in [-0.05, 0) is 44.1 Å². The molecular weight excluding hydrogens is 354 g/mol. The number of allylic oxidation sites excluding steroid dienone is 1. The highest BCUT2D eigenvalue weighted by molar-refractivity contribution is 7.99. The first kappa shape index (κ1) is 16.8. The van der Waals surface area contributed by atoms with Crippen LogP contribution in [0.1, 0.15) is 36.1 Å². The zero-order valence-corrected chi connectivity index (χ0v) is 15.7. The van der Waals surface area contributed by atoms with E-state index in [2.05, 4.69) is 11.9 Å². The van der Waals surface area contributed by atoms with Gasteiger partial charge in [0.05, 0.1) is 11.1 Å². The van der Waals surface area contributed by atoms with Crippen molar-refractivity contribution in [2.24, 2.45) is 0 Å². The number of fused-ring (bicyclic) bond motifs is 3. The number of carbonyl (C=O) groups excluding carboxylic acids is 1. The van der Waals surface area contributed by atoms with E-state index < -0.39 is 0 Å². The number of thiophene rings is 1. The van der Waals surface area contributed by atoms with Crippen LogP contribution in [0.4, 0.5) is 0 Å². The maximum Gasteiger partial charge on any atom is 0.263 e. The summed E-state index contributed by atoms with van der Waals surface area (Å²) in [6.45, 7) is 4.18. The van der Waals surface area contributed by atoms with Gasteiger partial charge in [0.25, 0.3) is 5.56 Å². The molecule has 5 nitrogen and oxygen atoms in total. The van der Waals surface area contributed by atoms with Crippen LogP contribution in [-0.2, 0) is 24.2 Å². The molecule has 0 aliphatic heterocycles. The minimum absolute atomic E-state index is 0.00870. The maximum atomic E-state index is 13.1. The largest absolute Gasteiger partial charge is 0.353 e. The van der Waals surface area contributed by atoms with Gasteiger partial charge in [0.1, 0.15) is 4.83 Å². The van der Waals surface area contributed by atoms with E-state index in [1.807, 2.05) is 0 Å². The molecule has 1 saturated carbocycles. The minimum atomic E-state index is 0.00870. The molecule has 0 spiro atoms. The van der Waals surface area contributed by atoms with Crippen LogP contribution in [0.2, 0.25) is 0 Å². The van der Waals surface area contributed by atoms with E-state index in [-0.39, 0.29) is 17.2 Å². The third kappa shape index (κ3) is 3.40. The van der Waals surface area contributed by atoms with Crippen LogP contribution in [-0.4, -0.2) is 27.3 Å². The second-order valence-corrected chi connectivity index (χ2v) is 8.65. The molecule has 0 bridgehead atoms. The Morgan fingerprint density at radius 3 is 2.96 bits per heavy atom. The number of nitrogens with one attached hydrogen (secondary N) is 1. The Kier molecular flexibility index (Phi) is 4.69. The third-order valence-corrected chi connectivity index (χ3v) is 6.79. The zero-order chi connectivity index (χ0) is 17.4. The average molecular weight is 376 g/mol. The number of aromatic nitrogens is 2. The Bertz CT molecular complexity index is 896. The molecule has 0 saturated heterocycles. The summed E-state index contributed by atoms with van der Waals surface area (Å²) in [5, 5.41) is 4.37. The molecule has 2 aromatic rings. The molecule has 0 unspecified atom stereocenters. The molecule has 1 fully saturated rings. The molecule has 1 N–H and O–H groups in total. The summed E-state index contributed by atoms with van der Waals surface area (Å²) in [6, 6.07) is 0.350. The number of thioether (sulfide) groups is 1. The van der Waals surface area contributed by atoms with Crippen LogP contribution in [0.25, 0.3) is 10.2 Å². The lowest BCUT2D eigenvalue weighted by molar-refractivity contribution is -0.118. The van der Waals surface area contributed by atoms with Crippen molar-refractivity contribution in [3.05, 3.63) is 33.4 Å². The highest BCUT2D eigenvalue weighted by Gasteiger charge is 2.24. The highest BCUT2D eigenvalue weighted by atomic mass is 32.2. The van der Waals surface area contributed by atoms with Crippen LogP contribution < -0.4 is 10.9 Å². The van der Waals surface area contributed by atoms with Crippen molar-refractivity contribution in [3.8, 4) is 0 Å². The van der Waals surface area contributed by atoms with Crippen molar-refractivity contribution in [1.82, 2.24) is 14.9 Å². The SMILES string of the molecule is C=CCn1c(SCC(=O)NC2CC2)nc2sc3c(c2c1=O)CCCC3. The van der Waals surface area contributed by atoms with Gasteiger partial charge in [0.2, 0.25) is 5.91 Å². The van der Waals surface area contributed by atoms with E-state index in [1.54, 1.807) is 22.0 Å². The van der Waals surface area contributed by atoms with Gasteiger partial charge in [0, 0.05) is 17.5 Å². The molecule has 0 atom stereocenters. The van der Waals surface area contributed by atoms with Gasteiger partial charge in [-0.15, -0.1) is 17.9 Å². The summed E-state index contributed by atoms with van der Waals surface area (Å²) < 4.78 is 1.66. The van der Waals surface area contributed by atoms with Crippen molar-refractivity contribution in [2.75, 3.05) is 5.75 Å². The Morgan fingerprint density at radius 1 is 1.40 bits per heavy atom. The fraction of sp³-hybridized carbons (Fsp3) is 0.500. The number of amides is 1. The van der Waals surface area contributed by atoms with Gasteiger partial charge >= 0.3 is 0 Å². The lowest BCUT2D eigenvalue weighted by atomic mass is 9.97. The van der Waals surface area contributed by atoms with Crippen LogP contribution >= 0.6 is 23.1 Å². The fourth-order valence-electron chi connectivity index (χ4n) is 3.25. The number of carbonyl (C=O) groups is 1. The van der Waals surface area contributed by atoms with Crippen LogP contribution in [0.15, 0.2) is 22.6 Å². The van der Waals surface area contributed by atoms with E-state index in [0.29, 0.717) is 17.7 Å². The van der Waals surface area contributed by atoms with Gasteiger partial charge in [-0.1, -0.05) is 17.8 Å². The lowest BCUT2D eigenvalue weighted by Crippen LogP contribution is -2.28. The number of aryl methyl sites for hydroxylation is 2. The van der Waals surface area contributed by atoms with E-state index in [4.69, 9.17) is 4.98 Å². The van der Waals surface area contributed by atoms with Crippen molar-refractivity contribution >= 4 is 39.2 Å². The number of hydrogen-bond acceptors (Lipinski definition) is 5. The number of nitrogens with zero attached hydrogens (tertiary/aromatic N) is 2. The van der Waals surface area contributed by atoms with Gasteiger partial charge in [-0.25, -0.2) is 4.98 Å². The fourth-order valence-corrected chi connectivity index (χ4v) is 5.37. The van der Waals surface area contributed by atoms with Gasteiger partial charge < -0.3 is 5.32 Å². The normalized spacial score (nSPS) is 16.6. The topological polar surface area (TPSA) is 64.0 Å². The lowest BCUT2D eigenvalue weighted by Gasteiger charge is -2.12. The molecule has 2 aliphatic rings. The third-order valence-electron chi connectivity index (χ3n) is 4.63. The predicted octanol–water partition coefficient (Wildman–Crippen LogP) is 2.89. The second kappa shape index (κ2) is 6.96. The van der Waals surface area contributed by atoms with Crippen LogP contribution in [0, 0.1) is 0 Å². The standard InChI is InChI=1S/C18H21N3O2S2/c1-2-9-21-17(23)15-12-5-3-4-6-13(12)25-16(15)20-18(21)24-10-14(22)19-11-7-8-11/h2,11H,1,3-10H2,(H,19,22). The molecular formula is C18H21N3O2S2. The first-order chi connectivity index (χ1) is 12.2. The molecule has 1 amide bonds. The first-order valence-corrected chi connectivity index (χ1v) is 10.6. The van der Waals surface area contributed by atoms with Crippen molar-refractivity contribution < 1.29 is 4.79 Å². The van der Waals surface area contributed by atoms with Gasteiger partial charge in [-0.2, -0.15) is 0 Å². The minimum Gasteiger partial charge on any atom is -0.353 e. The molecule has 4 rings (SSSR count). The smallest absolute Gasteiger partial charge is 0.263 e. The molecule has 2 heterocycles. The maximum absolute atomic E-state index is 13.1. The summed E-state index contributed by atoms with van der Waals surface area (Å²) in [5.41, 5.74) is 1.21. The Labute approximate surface area is 154 Å². The van der Waals surface area contributed by atoms with E-state index in [9.17, 15) is 9.59 Å². The summed E-state index contributed by atoms with van der Waals surface area (Å²) in [4.78, 5) is 31.9.